The summed E-state index contributed by atoms with van der Waals surface area (Å²) in [6.07, 6.45) is 1.52. The second-order valence-corrected chi connectivity index (χ2v) is 7.22. The van der Waals surface area contributed by atoms with Gasteiger partial charge in [0.05, 0.1) is 13.0 Å². The molecule has 138 valence electrons. The summed E-state index contributed by atoms with van der Waals surface area (Å²) in [6.45, 7) is 7.12. The van der Waals surface area contributed by atoms with Crippen LogP contribution in [0.4, 0.5) is 4.79 Å². The van der Waals surface area contributed by atoms with Crippen molar-refractivity contribution in [1.82, 2.24) is 10.2 Å². The Morgan fingerprint density at radius 1 is 1.16 bits per heavy atom. The first kappa shape index (κ1) is 19.1. The predicted octanol–water partition coefficient (Wildman–Crippen LogP) is 2.97. The van der Waals surface area contributed by atoms with Crippen molar-refractivity contribution >= 4 is 12.0 Å². The van der Waals surface area contributed by atoms with Gasteiger partial charge < -0.3 is 19.7 Å². The summed E-state index contributed by atoms with van der Waals surface area (Å²) in [5.74, 6) is 0.743. The molecular formula is C19H28N2O4. The third kappa shape index (κ3) is 7.03. The van der Waals surface area contributed by atoms with E-state index in [-0.39, 0.29) is 18.0 Å². The lowest BCUT2D eigenvalue weighted by molar-refractivity contribution is -0.122. The molecule has 0 atom stereocenters. The molecule has 1 aromatic rings. The summed E-state index contributed by atoms with van der Waals surface area (Å²) >= 11 is 0. The van der Waals surface area contributed by atoms with Gasteiger partial charge in [-0.25, -0.2) is 4.79 Å². The van der Waals surface area contributed by atoms with Crippen LogP contribution in [0.15, 0.2) is 30.3 Å². The molecule has 1 N–H and O–H groups in total. The number of para-hydroxylation sites is 1. The molecule has 1 aliphatic rings. The fourth-order valence-corrected chi connectivity index (χ4v) is 2.61. The number of nitrogens with zero attached hydrogens (tertiary/aromatic N) is 1. The fraction of sp³-hybridized carbons (Fsp3) is 0.579. The Labute approximate surface area is 149 Å². The predicted molar refractivity (Wildman–Crippen MR) is 95.5 cm³/mol. The molecule has 6 heteroatoms. The van der Waals surface area contributed by atoms with Gasteiger partial charge in [0.2, 0.25) is 5.91 Å². The van der Waals surface area contributed by atoms with Gasteiger partial charge in [-0.1, -0.05) is 18.2 Å². The molecule has 0 saturated carbocycles. The minimum atomic E-state index is -0.485. The highest BCUT2D eigenvalue weighted by Gasteiger charge is 2.27. The number of carbonyl (C=O) groups is 2. The van der Waals surface area contributed by atoms with Crippen molar-refractivity contribution in [2.45, 2.75) is 51.7 Å². The van der Waals surface area contributed by atoms with Crippen LogP contribution in [0.2, 0.25) is 0 Å². The Kier molecular flexibility index (Phi) is 6.67. The van der Waals surface area contributed by atoms with E-state index >= 15 is 0 Å². The van der Waals surface area contributed by atoms with Crippen LogP contribution >= 0.6 is 0 Å². The van der Waals surface area contributed by atoms with Gasteiger partial charge in [-0.05, 0) is 45.7 Å². The van der Waals surface area contributed by atoms with Gasteiger partial charge >= 0.3 is 6.09 Å². The van der Waals surface area contributed by atoms with Crippen molar-refractivity contribution in [2.75, 3.05) is 19.7 Å². The molecule has 1 saturated heterocycles. The highest BCUT2D eigenvalue weighted by molar-refractivity contribution is 5.76. The Bertz CT molecular complexity index is 561. The van der Waals surface area contributed by atoms with Gasteiger partial charge in [0, 0.05) is 19.1 Å². The summed E-state index contributed by atoms with van der Waals surface area (Å²) in [4.78, 5) is 25.7. The maximum atomic E-state index is 12.0. The molecule has 2 rings (SSSR count). The number of ether oxygens (including phenoxy) is 2. The number of hydrogen-bond acceptors (Lipinski definition) is 4. The van der Waals surface area contributed by atoms with E-state index in [2.05, 4.69) is 5.32 Å². The summed E-state index contributed by atoms with van der Waals surface area (Å²) in [5.41, 5.74) is -0.485. The molecule has 0 radical (unpaired) electrons. The Balaban J connectivity index is 1.64. The number of hydrogen-bond donors (Lipinski definition) is 1. The van der Waals surface area contributed by atoms with Gasteiger partial charge in [0.25, 0.3) is 0 Å². The molecule has 0 bridgehead atoms. The number of amides is 2. The van der Waals surface area contributed by atoms with Crippen LogP contribution in [0.1, 0.15) is 40.0 Å². The van der Waals surface area contributed by atoms with Crippen LogP contribution in [-0.2, 0) is 9.53 Å². The van der Waals surface area contributed by atoms with Crippen LogP contribution in [0.25, 0.3) is 0 Å². The summed E-state index contributed by atoms with van der Waals surface area (Å²) in [6, 6.07) is 9.54. The van der Waals surface area contributed by atoms with Crippen LogP contribution in [0.5, 0.6) is 5.75 Å². The van der Waals surface area contributed by atoms with E-state index in [1.165, 1.54) is 0 Å². The molecule has 1 heterocycles. The van der Waals surface area contributed by atoms with E-state index in [0.717, 1.165) is 18.6 Å². The van der Waals surface area contributed by atoms with Crippen molar-refractivity contribution in [3.05, 3.63) is 30.3 Å². The first-order chi connectivity index (χ1) is 11.8. The normalized spacial score (nSPS) is 15.6. The molecule has 0 aliphatic carbocycles. The number of rotatable bonds is 5. The maximum Gasteiger partial charge on any atom is 0.410 e. The second-order valence-electron chi connectivity index (χ2n) is 7.22. The number of nitrogens with one attached hydrogen (secondary N) is 1. The Hall–Kier alpha value is -2.24. The zero-order valence-corrected chi connectivity index (χ0v) is 15.3. The van der Waals surface area contributed by atoms with Gasteiger partial charge in [-0.3, -0.25) is 4.79 Å². The maximum absolute atomic E-state index is 12.0. The number of piperidine rings is 1. The molecule has 0 aromatic heterocycles. The largest absolute Gasteiger partial charge is 0.493 e. The van der Waals surface area contributed by atoms with Crippen LogP contribution in [0.3, 0.4) is 0 Å². The van der Waals surface area contributed by atoms with E-state index < -0.39 is 5.60 Å². The SMILES string of the molecule is CC(C)(C)OC(=O)N1CCC(NC(=O)CCOc2ccccc2)CC1. The molecule has 0 unspecified atom stereocenters. The average molecular weight is 348 g/mol. The van der Waals surface area contributed by atoms with Crippen LogP contribution in [-0.4, -0.2) is 48.2 Å². The van der Waals surface area contributed by atoms with Gasteiger partial charge in [0.15, 0.2) is 0 Å². The smallest absolute Gasteiger partial charge is 0.410 e. The lowest BCUT2D eigenvalue weighted by atomic mass is 10.1. The minimum Gasteiger partial charge on any atom is -0.493 e. The van der Waals surface area contributed by atoms with Crippen molar-refractivity contribution in [3.8, 4) is 5.75 Å². The molecule has 1 fully saturated rings. The van der Waals surface area contributed by atoms with Crippen molar-refractivity contribution in [1.29, 1.82) is 0 Å². The highest BCUT2D eigenvalue weighted by Crippen LogP contribution is 2.15. The first-order valence-corrected chi connectivity index (χ1v) is 8.78. The van der Waals surface area contributed by atoms with Crippen molar-refractivity contribution in [2.24, 2.45) is 0 Å². The number of likely N-dealkylation sites (tertiary alicyclic amines) is 1. The van der Waals surface area contributed by atoms with Crippen molar-refractivity contribution in [3.63, 3.8) is 0 Å². The molecular weight excluding hydrogens is 320 g/mol. The standard InChI is InChI=1S/C19H28N2O4/c1-19(2,3)25-18(23)21-12-9-15(10-13-21)20-17(22)11-14-24-16-7-5-4-6-8-16/h4-8,15H,9-14H2,1-3H3,(H,20,22). The molecule has 1 aromatic carbocycles. The topological polar surface area (TPSA) is 67.9 Å². The molecule has 1 aliphatic heterocycles. The molecule has 0 spiro atoms. The highest BCUT2D eigenvalue weighted by atomic mass is 16.6. The second kappa shape index (κ2) is 8.74. The third-order valence-corrected chi connectivity index (χ3v) is 3.85. The third-order valence-electron chi connectivity index (χ3n) is 3.85. The van der Waals surface area contributed by atoms with E-state index in [0.29, 0.717) is 26.1 Å². The number of carbonyl (C=O) groups excluding carboxylic acids is 2. The summed E-state index contributed by atoms with van der Waals surface area (Å²) in [7, 11) is 0. The monoisotopic (exact) mass is 348 g/mol. The fourth-order valence-electron chi connectivity index (χ4n) is 2.61. The van der Waals surface area contributed by atoms with E-state index in [9.17, 15) is 9.59 Å². The first-order valence-electron chi connectivity index (χ1n) is 8.78. The quantitative estimate of drug-likeness (QED) is 0.888. The Morgan fingerprint density at radius 3 is 2.40 bits per heavy atom. The molecule has 25 heavy (non-hydrogen) atoms. The van der Waals surface area contributed by atoms with E-state index in [1.54, 1.807) is 4.90 Å². The van der Waals surface area contributed by atoms with Gasteiger partial charge in [-0.15, -0.1) is 0 Å². The number of benzene rings is 1. The molecule has 2 amide bonds. The lowest BCUT2D eigenvalue weighted by Gasteiger charge is -2.33. The zero-order valence-electron chi connectivity index (χ0n) is 15.3. The van der Waals surface area contributed by atoms with E-state index in [1.807, 2.05) is 51.1 Å². The van der Waals surface area contributed by atoms with Crippen LogP contribution < -0.4 is 10.1 Å². The average Bonchev–Trinajstić information content (AvgIpc) is 2.55. The summed E-state index contributed by atoms with van der Waals surface area (Å²) < 4.78 is 10.9. The Morgan fingerprint density at radius 2 is 1.80 bits per heavy atom. The minimum absolute atomic E-state index is 0.0216. The molecule has 6 nitrogen and oxygen atoms in total. The zero-order chi connectivity index (χ0) is 18.3. The van der Waals surface area contributed by atoms with Gasteiger partial charge in [0.1, 0.15) is 11.4 Å². The van der Waals surface area contributed by atoms with E-state index in [4.69, 9.17) is 9.47 Å². The lowest BCUT2D eigenvalue weighted by Crippen LogP contribution is -2.47. The van der Waals surface area contributed by atoms with Crippen molar-refractivity contribution < 1.29 is 19.1 Å². The summed E-state index contributed by atoms with van der Waals surface area (Å²) in [5, 5.41) is 3.02. The van der Waals surface area contributed by atoms with Crippen LogP contribution in [0, 0.1) is 0 Å². The van der Waals surface area contributed by atoms with Gasteiger partial charge in [-0.2, -0.15) is 0 Å².